The van der Waals surface area contributed by atoms with E-state index in [2.05, 4.69) is 5.32 Å². The summed E-state index contributed by atoms with van der Waals surface area (Å²) in [4.78, 5) is 35.5. The first-order valence-corrected chi connectivity index (χ1v) is 5.94. The summed E-state index contributed by atoms with van der Waals surface area (Å²) in [6.07, 6.45) is 3.81. The number of imide groups is 1. The minimum absolute atomic E-state index is 0.0122. The molecule has 6 nitrogen and oxygen atoms in total. The van der Waals surface area contributed by atoms with Crippen LogP contribution in [0.25, 0.3) is 0 Å². The van der Waals surface area contributed by atoms with Crippen LogP contribution in [-0.4, -0.2) is 40.5 Å². The molecule has 94 valence electrons. The highest BCUT2D eigenvalue weighted by atomic mass is 16.4. The Morgan fingerprint density at radius 2 is 1.94 bits per heavy atom. The van der Waals surface area contributed by atoms with E-state index in [0.29, 0.717) is 12.8 Å². The molecule has 2 N–H and O–H groups in total. The molecule has 2 fully saturated rings. The summed E-state index contributed by atoms with van der Waals surface area (Å²) >= 11 is 0. The van der Waals surface area contributed by atoms with Crippen LogP contribution in [0.1, 0.15) is 32.1 Å². The first-order valence-electron chi connectivity index (χ1n) is 5.94. The third-order valence-corrected chi connectivity index (χ3v) is 3.51. The highest BCUT2D eigenvalue weighted by molar-refractivity contribution is 6.02. The van der Waals surface area contributed by atoms with Crippen LogP contribution in [-0.2, 0) is 9.59 Å². The molecule has 2 atom stereocenters. The smallest absolute Gasteiger partial charge is 0.324 e. The van der Waals surface area contributed by atoms with Crippen LogP contribution in [0.5, 0.6) is 0 Å². The lowest BCUT2D eigenvalue weighted by molar-refractivity contribution is -0.145. The first-order chi connectivity index (χ1) is 8.11. The zero-order valence-corrected chi connectivity index (χ0v) is 9.52. The van der Waals surface area contributed by atoms with Crippen molar-refractivity contribution in [3.05, 3.63) is 0 Å². The molecule has 1 saturated heterocycles. The van der Waals surface area contributed by atoms with Gasteiger partial charge in [0, 0.05) is 0 Å². The Hall–Kier alpha value is -1.59. The Morgan fingerprint density at radius 3 is 2.53 bits per heavy atom. The lowest BCUT2D eigenvalue weighted by Gasteiger charge is -2.28. The normalized spacial score (nSPS) is 30.0. The minimum Gasteiger partial charge on any atom is -0.481 e. The SMILES string of the molecule is O=C(O)C1CCCCCC1N1C(=O)CNC1=O. The molecule has 0 radical (unpaired) electrons. The minimum atomic E-state index is -0.913. The number of hydrogen-bond donors (Lipinski definition) is 2. The topological polar surface area (TPSA) is 86.7 Å². The van der Waals surface area contributed by atoms with Crippen LogP contribution in [0.2, 0.25) is 0 Å². The van der Waals surface area contributed by atoms with Gasteiger partial charge in [-0.2, -0.15) is 0 Å². The number of nitrogens with one attached hydrogen (secondary N) is 1. The highest BCUT2D eigenvalue weighted by Crippen LogP contribution is 2.28. The Kier molecular flexibility index (Phi) is 3.31. The van der Waals surface area contributed by atoms with Crippen molar-refractivity contribution in [2.24, 2.45) is 5.92 Å². The number of carbonyl (C=O) groups is 3. The van der Waals surface area contributed by atoms with Crippen molar-refractivity contribution in [3.63, 3.8) is 0 Å². The number of carboxylic acid groups (broad SMARTS) is 1. The fourth-order valence-corrected chi connectivity index (χ4v) is 2.66. The van der Waals surface area contributed by atoms with Gasteiger partial charge in [0.25, 0.3) is 0 Å². The van der Waals surface area contributed by atoms with Gasteiger partial charge in [-0.1, -0.05) is 19.3 Å². The molecule has 2 rings (SSSR count). The van der Waals surface area contributed by atoms with Gasteiger partial charge in [-0.3, -0.25) is 14.5 Å². The molecule has 0 spiro atoms. The standard InChI is InChI=1S/C11H16N2O4/c14-9-6-12-11(17)13(9)8-5-3-1-2-4-7(8)10(15)16/h7-8H,1-6H2,(H,12,17)(H,15,16). The zero-order valence-electron chi connectivity index (χ0n) is 9.52. The monoisotopic (exact) mass is 240 g/mol. The molecular weight excluding hydrogens is 224 g/mol. The average molecular weight is 240 g/mol. The van der Waals surface area contributed by atoms with E-state index < -0.39 is 24.0 Å². The molecule has 6 heteroatoms. The second-order valence-electron chi connectivity index (χ2n) is 4.57. The number of urea groups is 1. The lowest BCUT2D eigenvalue weighted by atomic mass is 9.93. The molecule has 0 aromatic carbocycles. The second kappa shape index (κ2) is 4.73. The van der Waals surface area contributed by atoms with E-state index in [1.807, 2.05) is 0 Å². The van der Waals surface area contributed by atoms with Crippen molar-refractivity contribution in [1.29, 1.82) is 0 Å². The molecule has 1 aliphatic carbocycles. The van der Waals surface area contributed by atoms with Crippen LogP contribution in [0.15, 0.2) is 0 Å². The highest BCUT2D eigenvalue weighted by Gasteiger charge is 2.41. The summed E-state index contributed by atoms with van der Waals surface area (Å²) < 4.78 is 0. The van der Waals surface area contributed by atoms with Crippen LogP contribution in [0.3, 0.4) is 0 Å². The zero-order chi connectivity index (χ0) is 12.4. The van der Waals surface area contributed by atoms with E-state index in [-0.39, 0.29) is 12.5 Å². The fraction of sp³-hybridized carbons (Fsp3) is 0.727. The molecule has 2 aliphatic rings. The van der Waals surface area contributed by atoms with Gasteiger partial charge in [0.05, 0.1) is 18.5 Å². The summed E-state index contributed by atoms with van der Waals surface area (Å²) in [5.41, 5.74) is 0. The van der Waals surface area contributed by atoms with Gasteiger partial charge in [0.2, 0.25) is 5.91 Å². The summed E-state index contributed by atoms with van der Waals surface area (Å²) in [6, 6.07) is -0.932. The molecule has 17 heavy (non-hydrogen) atoms. The van der Waals surface area contributed by atoms with E-state index in [1.165, 1.54) is 0 Å². The Labute approximate surface area is 99.0 Å². The molecule has 1 heterocycles. The fourth-order valence-electron chi connectivity index (χ4n) is 2.66. The van der Waals surface area contributed by atoms with Gasteiger partial charge in [0.15, 0.2) is 0 Å². The predicted molar refractivity (Wildman–Crippen MR) is 58.2 cm³/mol. The molecule has 0 aromatic rings. The predicted octanol–water partition coefficient (Wildman–Crippen LogP) is 0.572. The average Bonchev–Trinajstić information content (AvgIpc) is 2.53. The number of carbonyl (C=O) groups excluding carboxylic acids is 2. The van der Waals surface area contributed by atoms with Crippen molar-refractivity contribution >= 4 is 17.9 Å². The molecule has 2 unspecified atom stereocenters. The Morgan fingerprint density at radius 1 is 1.24 bits per heavy atom. The van der Waals surface area contributed by atoms with Crippen molar-refractivity contribution in [3.8, 4) is 0 Å². The maximum absolute atomic E-state index is 11.6. The number of aliphatic carboxylic acids is 1. The van der Waals surface area contributed by atoms with Crippen LogP contribution < -0.4 is 5.32 Å². The maximum Gasteiger partial charge on any atom is 0.324 e. The number of rotatable bonds is 2. The van der Waals surface area contributed by atoms with Gasteiger partial charge in [-0.05, 0) is 12.8 Å². The second-order valence-corrected chi connectivity index (χ2v) is 4.57. The quantitative estimate of drug-likeness (QED) is 0.545. The number of hydrogen-bond acceptors (Lipinski definition) is 3. The van der Waals surface area contributed by atoms with Crippen molar-refractivity contribution in [2.45, 2.75) is 38.1 Å². The molecular formula is C11H16N2O4. The lowest BCUT2D eigenvalue weighted by Crippen LogP contribution is -2.46. The van der Waals surface area contributed by atoms with Crippen LogP contribution >= 0.6 is 0 Å². The van der Waals surface area contributed by atoms with Crippen molar-refractivity contribution in [2.75, 3.05) is 6.54 Å². The number of carboxylic acids is 1. The van der Waals surface area contributed by atoms with Gasteiger partial charge in [-0.15, -0.1) is 0 Å². The number of nitrogens with zero attached hydrogens (tertiary/aromatic N) is 1. The van der Waals surface area contributed by atoms with Gasteiger partial charge >= 0.3 is 12.0 Å². The van der Waals surface area contributed by atoms with E-state index in [4.69, 9.17) is 0 Å². The van der Waals surface area contributed by atoms with E-state index in [1.54, 1.807) is 0 Å². The third-order valence-electron chi connectivity index (χ3n) is 3.51. The van der Waals surface area contributed by atoms with Gasteiger partial charge in [0.1, 0.15) is 0 Å². The van der Waals surface area contributed by atoms with Gasteiger partial charge in [-0.25, -0.2) is 4.79 Å². The van der Waals surface area contributed by atoms with Crippen LogP contribution in [0.4, 0.5) is 4.79 Å². The number of amides is 3. The Bertz CT molecular complexity index is 339. The molecule has 3 amide bonds. The first kappa shape index (κ1) is 11.9. The van der Waals surface area contributed by atoms with Crippen molar-refractivity contribution < 1.29 is 19.5 Å². The summed E-state index contributed by atoms with van der Waals surface area (Å²) in [5.74, 6) is -1.84. The van der Waals surface area contributed by atoms with E-state index in [9.17, 15) is 19.5 Å². The summed E-state index contributed by atoms with van der Waals surface area (Å²) in [7, 11) is 0. The van der Waals surface area contributed by atoms with E-state index in [0.717, 1.165) is 24.2 Å². The molecule has 1 aliphatic heterocycles. The van der Waals surface area contributed by atoms with Crippen LogP contribution in [0, 0.1) is 5.92 Å². The largest absolute Gasteiger partial charge is 0.481 e. The Balaban J connectivity index is 2.22. The summed E-state index contributed by atoms with van der Waals surface area (Å²) in [5, 5.41) is 11.6. The maximum atomic E-state index is 11.6. The van der Waals surface area contributed by atoms with Gasteiger partial charge < -0.3 is 10.4 Å². The molecule has 0 aromatic heterocycles. The van der Waals surface area contributed by atoms with E-state index >= 15 is 0 Å². The third kappa shape index (κ3) is 2.25. The van der Waals surface area contributed by atoms with Crippen molar-refractivity contribution in [1.82, 2.24) is 10.2 Å². The summed E-state index contributed by atoms with van der Waals surface area (Å²) in [6.45, 7) is -0.0122. The molecule has 1 saturated carbocycles. The molecule has 0 bridgehead atoms.